The molecule has 2 heterocycles. The van der Waals surface area contributed by atoms with Gasteiger partial charge in [-0.1, -0.05) is 37.3 Å². The molecule has 0 saturated carbocycles. The van der Waals surface area contributed by atoms with Gasteiger partial charge in [0.05, 0.1) is 23.1 Å². The van der Waals surface area contributed by atoms with Crippen molar-refractivity contribution in [3.05, 3.63) is 77.6 Å². The second-order valence-corrected chi connectivity index (χ2v) is 7.22. The standard InChI is InChI=1S/C23H26N4O/c1-3-22-21(17-24-27(22)19-9-5-4-6-10-19)23(28)26-14-12-25(13-15-26)20-11-7-8-18(2)16-20/h4-11,16-17H,3,12-15H2,1-2H3. The molecule has 5 nitrogen and oxygen atoms in total. The number of nitrogens with zero attached hydrogens (tertiary/aromatic N) is 4. The third kappa shape index (κ3) is 3.52. The Kier molecular flexibility index (Phi) is 5.15. The summed E-state index contributed by atoms with van der Waals surface area (Å²) in [5.41, 5.74) is 5.17. The van der Waals surface area contributed by atoms with Crippen molar-refractivity contribution in [1.82, 2.24) is 14.7 Å². The minimum absolute atomic E-state index is 0.0860. The zero-order valence-electron chi connectivity index (χ0n) is 16.5. The van der Waals surface area contributed by atoms with Crippen LogP contribution in [0.15, 0.2) is 60.8 Å². The van der Waals surface area contributed by atoms with Gasteiger partial charge in [-0.05, 0) is 43.2 Å². The number of hydrogen-bond acceptors (Lipinski definition) is 3. The number of para-hydroxylation sites is 1. The molecule has 1 aromatic heterocycles. The van der Waals surface area contributed by atoms with E-state index in [9.17, 15) is 4.79 Å². The highest BCUT2D eigenvalue weighted by atomic mass is 16.2. The quantitative estimate of drug-likeness (QED) is 0.699. The molecule has 0 aliphatic carbocycles. The fraction of sp³-hybridized carbons (Fsp3) is 0.304. The van der Waals surface area contributed by atoms with Crippen molar-refractivity contribution in [2.45, 2.75) is 20.3 Å². The molecule has 0 spiro atoms. The molecule has 1 aliphatic rings. The third-order valence-electron chi connectivity index (χ3n) is 5.37. The topological polar surface area (TPSA) is 41.4 Å². The molecule has 1 aliphatic heterocycles. The summed E-state index contributed by atoms with van der Waals surface area (Å²) in [7, 11) is 0. The summed E-state index contributed by atoms with van der Waals surface area (Å²) in [6.07, 6.45) is 2.49. The van der Waals surface area contributed by atoms with Crippen LogP contribution < -0.4 is 4.90 Å². The molecule has 5 heteroatoms. The zero-order valence-corrected chi connectivity index (χ0v) is 16.5. The molecular weight excluding hydrogens is 348 g/mol. The van der Waals surface area contributed by atoms with Crippen LogP contribution in [0.5, 0.6) is 0 Å². The van der Waals surface area contributed by atoms with Gasteiger partial charge in [0.2, 0.25) is 0 Å². The lowest BCUT2D eigenvalue weighted by Gasteiger charge is -2.36. The Labute approximate surface area is 166 Å². The van der Waals surface area contributed by atoms with Gasteiger partial charge in [0.15, 0.2) is 0 Å². The smallest absolute Gasteiger partial charge is 0.257 e. The summed E-state index contributed by atoms with van der Waals surface area (Å²) >= 11 is 0. The Morgan fingerprint density at radius 1 is 0.964 bits per heavy atom. The van der Waals surface area contributed by atoms with E-state index < -0.39 is 0 Å². The Morgan fingerprint density at radius 3 is 2.36 bits per heavy atom. The summed E-state index contributed by atoms with van der Waals surface area (Å²) in [6.45, 7) is 7.34. The fourth-order valence-electron chi connectivity index (χ4n) is 3.85. The molecule has 0 unspecified atom stereocenters. The van der Waals surface area contributed by atoms with Crippen molar-refractivity contribution < 1.29 is 4.79 Å². The van der Waals surface area contributed by atoms with E-state index in [1.165, 1.54) is 11.3 Å². The number of aromatic nitrogens is 2. The van der Waals surface area contributed by atoms with E-state index in [-0.39, 0.29) is 5.91 Å². The molecular formula is C23H26N4O. The summed E-state index contributed by atoms with van der Waals surface area (Å²) < 4.78 is 1.89. The molecule has 0 radical (unpaired) electrons. The monoisotopic (exact) mass is 374 g/mol. The van der Waals surface area contributed by atoms with Gasteiger partial charge in [-0.25, -0.2) is 4.68 Å². The Balaban J connectivity index is 1.49. The second-order valence-electron chi connectivity index (χ2n) is 7.22. The number of piperazine rings is 1. The SMILES string of the molecule is CCc1c(C(=O)N2CCN(c3cccc(C)c3)CC2)cnn1-c1ccccc1. The lowest BCUT2D eigenvalue weighted by atomic mass is 10.1. The maximum atomic E-state index is 13.2. The molecule has 1 fully saturated rings. The van der Waals surface area contributed by atoms with Crippen LogP contribution in [-0.2, 0) is 6.42 Å². The molecule has 2 aromatic carbocycles. The number of hydrogen-bond donors (Lipinski definition) is 0. The fourth-order valence-corrected chi connectivity index (χ4v) is 3.85. The first-order valence-corrected chi connectivity index (χ1v) is 9.90. The van der Waals surface area contributed by atoms with E-state index in [1.807, 2.05) is 39.9 Å². The minimum atomic E-state index is 0.0860. The van der Waals surface area contributed by atoms with Crippen LogP contribution in [-0.4, -0.2) is 46.8 Å². The van der Waals surface area contributed by atoms with Crippen molar-refractivity contribution >= 4 is 11.6 Å². The van der Waals surface area contributed by atoms with Gasteiger partial charge >= 0.3 is 0 Å². The molecule has 4 rings (SSSR count). The first-order valence-electron chi connectivity index (χ1n) is 9.90. The van der Waals surface area contributed by atoms with Crippen molar-refractivity contribution in [2.24, 2.45) is 0 Å². The Bertz CT molecular complexity index is 956. The van der Waals surface area contributed by atoms with E-state index in [1.54, 1.807) is 6.20 Å². The third-order valence-corrected chi connectivity index (χ3v) is 5.37. The molecule has 0 N–H and O–H groups in total. The van der Waals surface area contributed by atoms with E-state index in [4.69, 9.17) is 0 Å². The predicted octanol–water partition coefficient (Wildman–Crippen LogP) is 3.71. The number of amides is 1. The lowest BCUT2D eigenvalue weighted by Crippen LogP contribution is -2.49. The number of rotatable bonds is 4. The Morgan fingerprint density at radius 2 is 1.68 bits per heavy atom. The summed E-state index contributed by atoms with van der Waals surface area (Å²) in [6, 6.07) is 18.5. The highest BCUT2D eigenvalue weighted by Crippen LogP contribution is 2.21. The van der Waals surface area contributed by atoms with Gasteiger partial charge in [0.1, 0.15) is 0 Å². The number of carbonyl (C=O) groups is 1. The number of aryl methyl sites for hydroxylation is 1. The normalized spacial score (nSPS) is 14.4. The maximum Gasteiger partial charge on any atom is 0.257 e. The number of anilines is 1. The summed E-state index contributed by atoms with van der Waals surface area (Å²) in [4.78, 5) is 17.5. The minimum Gasteiger partial charge on any atom is -0.368 e. The average molecular weight is 374 g/mol. The van der Waals surface area contributed by atoms with E-state index >= 15 is 0 Å². The van der Waals surface area contributed by atoms with Gasteiger partial charge in [-0.15, -0.1) is 0 Å². The van der Waals surface area contributed by atoms with E-state index in [2.05, 4.69) is 48.1 Å². The molecule has 144 valence electrons. The summed E-state index contributed by atoms with van der Waals surface area (Å²) in [5, 5.41) is 4.50. The van der Waals surface area contributed by atoms with Crippen LogP contribution in [0, 0.1) is 6.92 Å². The molecule has 0 bridgehead atoms. The Hall–Kier alpha value is -3.08. The molecule has 1 amide bonds. The van der Waals surface area contributed by atoms with Crippen molar-refractivity contribution in [2.75, 3.05) is 31.1 Å². The lowest BCUT2D eigenvalue weighted by molar-refractivity contribution is 0.0745. The van der Waals surface area contributed by atoms with Crippen LogP contribution in [0.3, 0.4) is 0 Å². The largest absolute Gasteiger partial charge is 0.368 e. The average Bonchev–Trinajstić information content (AvgIpc) is 3.18. The molecule has 1 saturated heterocycles. The van der Waals surface area contributed by atoms with Crippen LogP contribution in [0.1, 0.15) is 28.5 Å². The van der Waals surface area contributed by atoms with Gasteiger partial charge < -0.3 is 9.80 Å². The highest BCUT2D eigenvalue weighted by molar-refractivity contribution is 5.95. The predicted molar refractivity (Wildman–Crippen MR) is 112 cm³/mol. The molecule has 0 atom stereocenters. The van der Waals surface area contributed by atoms with Crippen LogP contribution in [0.2, 0.25) is 0 Å². The second kappa shape index (κ2) is 7.89. The van der Waals surface area contributed by atoms with E-state index in [0.717, 1.165) is 49.5 Å². The van der Waals surface area contributed by atoms with Gasteiger partial charge in [0, 0.05) is 31.9 Å². The number of benzene rings is 2. The van der Waals surface area contributed by atoms with E-state index in [0.29, 0.717) is 0 Å². The van der Waals surface area contributed by atoms with Gasteiger partial charge in [-0.3, -0.25) is 4.79 Å². The number of carbonyl (C=O) groups excluding carboxylic acids is 1. The maximum absolute atomic E-state index is 13.2. The van der Waals surface area contributed by atoms with Gasteiger partial charge in [-0.2, -0.15) is 5.10 Å². The van der Waals surface area contributed by atoms with Crippen LogP contribution >= 0.6 is 0 Å². The first-order chi connectivity index (χ1) is 13.7. The van der Waals surface area contributed by atoms with Crippen molar-refractivity contribution in [3.63, 3.8) is 0 Å². The highest BCUT2D eigenvalue weighted by Gasteiger charge is 2.26. The van der Waals surface area contributed by atoms with Crippen molar-refractivity contribution in [1.29, 1.82) is 0 Å². The molecule has 3 aromatic rings. The van der Waals surface area contributed by atoms with Crippen LogP contribution in [0.4, 0.5) is 5.69 Å². The molecule has 28 heavy (non-hydrogen) atoms. The van der Waals surface area contributed by atoms with Crippen LogP contribution in [0.25, 0.3) is 5.69 Å². The first kappa shape index (κ1) is 18.3. The zero-order chi connectivity index (χ0) is 19.5. The van der Waals surface area contributed by atoms with Crippen molar-refractivity contribution in [3.8, 4) is 5.69 Å². The van der Waals surface area contributed by atoms with Gasteiger partial charge in [0.25, 0.3) is 5.91 Å². The summed E-state index contributed by atoms with van der Waals surface area (Å²) in [5.74, 6) is 0.0860.